The van der Waals surface area contributed by atoms with Crippen molar-refractivity contribution in [3.63, 3.8) is 0 Å². The maximum Gasteiger partial charge on any atom is 0.277 e. The van der Waals surface area contributed by atoms with E-state index in [2.05, 4.69) is 10.5 Å². The summed E-state index contributed by atoms with van der Waals surface area (Å²) in [5, 5.41) is 22.6. The van der Waals surface area contributed by atoms with Crippen LogP contribution in [0.1, 0.15) is 22.3 Å². The van der Waals surface area contributed by atoms with Crippen molar-refractivity contribution in [3.8, 4) is 17.2 Å². The summed E-state index contributed by atoms with van der Waals surface area (Å²) in [5.41, 5.74) is 5.76. The molecule has 0 unspecified atom stereocenters. The zero-order chi connectivity index (χ0) is 17.7. The van der Waals surface area contributed by atoms with Gasteiger partial charge in [0, 0.05) is 11.6 Å². The zero-order valence-corrected chi connectivity index (χ0v) is 13.8. The molecule has 0 saturated carbocycles. The van der Waals surface area contributed by atoms with Crippen LogP contribution in [-0.4, -0.2) is 28.9 Å². The average Bonchev–Trinajstić information content (AvgIpc) is 2.53. The number of hydrogen-bond donors (Lipinski definition) is 3. The Balaban J connectivity index is 1.92. The topological polar surface area (TPSA) is 91.2 Å². The minimum absolute atomic E-state index is 0.0500. The summed E-state index contributed by atoms with van der Waals surface area (Å²) in [6.07, 6.45) is 1.29. The number of phenolic OH excluding ortho intramolecular Hbond substituents is 2. The molecular weight excluding hydrogens is 308 g/mol. The van der Waals surface area contributed by atoms with Gasteiger partial charge < -0.3 is 14.9 Å². The highest BCUT2D eigenvalue weighted by Crippen LogP contribution is 2.25. The van der Waals surface area contributed by atoms with Gasteiger partial charge in [-0.3, -0.25) is 4.79 Å². The number of hydrazone groups is 1. The van der Waals surface area contributed by atoms with Crippen molar-refractivity contribution in [2.24, 2.45) is 5.10 Å². The largest absolute Gasteiger partial charge is 0.508 e. The molecule has 0 heterocycles. The fraction of sp³-hybridized carbons (Fsp3) is 0.222. The lowest BCUT2D eigenvalue weighted by atomic mass is 10.1. The summed E-state index contributed by atoms with van der Waals surface area (Å²) in [6.45, 7) is 5.69. The Hall–Kier alpha value is -3.02. The maximum atomic E-state index is 11.8. The van der Waals surface area contributed by atoms with E-state index in [-0.39, 0.29) is 18.1 Å². The van der Waals surface area contributed by atoms with Gasteiger partial charge in [0.15, 0.2) is 6.61 Å². The van der Waals surface area contributed by atoms with Crippen molar-refractivity contribution in [2.45, 2.75) is 20.8 Å². The third-order valence-corrected chi connectivity index (χ3v) is 3.63. The first kappa shape index (κ1) is 17.3. The van der Waals surface area contributed by atoms with Crippen molar-refractivity contribution >= 4 is 12.1 Å². The lowest BCUT2D eigenvalue weighted by Gasteiger charge is -2.13. The number of hydrogen-bond acceptors (Lipinski definition) is 5. The predicted molar refractivity (Wildman–Crippen MR) is 91.7 cm³/mol. The Morgan fingerprint density at radius 3 is 2.58 bits per heavy atom. The molecule has 0 saturated heterocycles. The molecule has 0 aliphatic rings. The Kier molecular flexibility index (Phi) is 5.42. The van der Waals surface area contributed by atoms with E-state index >= 15 is 0 Å². The third-order valence-electron chi connectivity index (χ3n) is 3.63. The second kappa shape index (κ2) is 7.50. The number of carbonyl (C=O) groups excluding carboxylic acids is 1. The van der Waals surface area contributed by atoms with Crippen molar-refractivity contribution in [1.82, 2.24) is 5.43 Å². The van der Waals surface area contributed by atoms with Crippen LogP contribution in [0.3, 0.4) is 0 Å². The van der Waals surface area contributed by atoms with Crippen LogP contribution in [0, 0.1) is 20.8 Å². The van der Waals surface area contributed by atoms with Gasteiger partial charge in [0.2, 0.25) is 0 Å². The van der Waals surface area contributed by atoms with Crippen molar-refractivity contribution < 1.29 is 19.7 Å². The number of ether oxygens (including phenoxy) is 1. The van der Waals surface area contributed by atoms with Crippen LogP contribution in [-0.2, 0) is 4.79 Å². The fourth-order valence-electron chi connectivity index (χ4n) is 2.13. The molecule has 2 rings (SSSR count). The van der Waals surface area contributed by atoms with Gasteiger partial charge in [-0.15, -0.1) is 0 Å². The van der Waals surface area contributed by atoms with Gasteiger partial charge >= 0.3 is 0 Å². The van der Waals surface area contributed by atoms with Crippen LogP contribution in [0.25, 0.3) is 0 Å². The molecule has 0 atom stereocenters. The number of nitrogens with zero attached hydrogens (tertiary/aromatic N) is 1. The highest BCUT2D eigenvalue weighted by Gasteiger charge is 2.09. The van der Waals surface area contributed by atoms with Gasteiger partial charge in [-0.1, -0.05) is 12.1 Å². The first-order valence-corrected chi connectivity index (χ1v) is 7.42. The third kappa shape index (κ3) is 4.25. The highest BCUT2D eigenvalue weighted by molar-refractivity contribution is 5.85. The molecule has 1 amide bonds. The first-order valence-electron chi connectivity index (χ1n) is 7.42. The number of rotatable bonds is 5. The SMILES string of the molecule is Cc1ccc(C)c(OCC(=O)N/N=C/c2ccc(O)cc2O)c1C. The molecule has 2 aromatic carbocycles. The van der Waals surface area contributed by atoms with Crippen LogP contribution >= 0.6 is 0 Å². The molecule has 2 aromatic rings. The molecule has 0 bridgehead atoms. The number of aryl methyl sites for hydroxylation is 2. The molecule has 24 heavy (non-hydrogen) atoms. The van der Waals surface area contributed by atoms with Crippen LogP contribution in [0.5, 0.6) is 17.2 Å². The van der Waals surface area contributed by atoms with Crippen molar-refractivity contribution in [3.05, 3.63) is 52.6 Å². The van der Waals surface area contributed by atoms with E-state index in [9.17, 15) is 15.0 Å². The van der Waals surface area contributed by atoms with E-state index in [4.69, 9.17) is 4.74 Å². The summed E-state index contributed by atoms with van der Waals surface area (Å²) >= 11 is 0. The lowest BCUT2D eigenvalue weighted by molar-refractivity contribution is -0.123. The molecule has 6 nitrogen and oxygen atoms in total. The molecule has 0 radical (unpaired) electrons. The van der Waals surface area contributed by atoms with E-state index in [1.54, 1.807) is 0 Å². The minimum Gasteiger partial charge on any atom is -0.508 e. The zero-order valence-electron chi connectivity index (χ0n) is 13.8. The van der Waals surface area contributed by atoms with Gasteiger partial charge in [0.25, 0.3) is 5.91 Å². The fourth-order valence-corrected chi connectivity index (χ4v) is 2.13. The van der Waals surface area contributed by atoms with Gasteiger partial charge in [-0.25, -0.2) is 5.43 Å². The second-order valence-electron chi connectivity index (χ2n) is 5.48. The van der Waals surface area contributed by atoms with Crippen LogP contribution < -0.4 is 10.2 Å². The summed E-state index contributed by atoms with van der Waals surface area (Å²) in [4.78, 5) is 11.8. The quantitative estimate of drug-likeness (QED) is 0.581. The number of carbonyl (C=O) groups is 1. The molecule has 126 valence electrons. The maximum absolute atomic E-state index is 11.8. The van der Waals surface area contributed by atoms with Crippen LogP contribution in [0.15, 0.2) is 35.4 Å². The van der Waals surface area contributed by atoms with Crippen molar-refractivity contribution in [1.29, 1.82) is 0 Å². The number of benzene rings is 2. The van der Waals surface area contributed by atoms with E-state index < -0.39 is 5.91 Å². The summed E-state index contributed by atoms with van der Waals surface area (Å²) in [5.74, 6) is 0.108. The molecular formula is C18H20N2O4. The predicted octanol–water partition coefficient (Wildman–Crippen LogP) is 2.55. The molecule has 3 N–H and O–H groups in total. The normalized spacial score (nSPS) is 10.8. The Bertz CT molecular complexity index is 785. The number of amides is 1. The van der Waals surface area contributed by atoms with E-state index in [0.717, 1.165) is 16.7 Å². The second-order valence-corrected chi connectivity index (χ2v) is 5.48. The van der Waals surface area contributed by atoms with E-state index in [1.165, 1.54) is 24.4 Å². The average molecular weight is 328 g/mol. The minimum atomic E-state index is -0.412. The van der Waals surface area contributed by atoms with E-state index in [0.29, 0.717) is 11.3 Å². The van der Waals surface area contributed by atoms with E-state index in [1.807, 2.05) is 32.9 Å². The Labute approximate surface area is 140 Å². The number of aromatic hydroxyl groups is 2. The van der Waals surface area contributed by atoms with Crippen LogP contribution in [0.4, 0.5) is 0 Å². The van der Waals surface area contributed by atoms with Crippen LogP contribution in [0.2, 0.25) is 0 Å². The van der Waals surface area contributed by atoms with Crippen molar-refractivity contribution in [2.75, 3.05) is 6.61 Å². The van der Waals surface area contributed by atoms with Gasteiger partial charge in [0.1, 0.15) is 17.2 Å². The number of phenols is 2. The van der Waals surface area contributed by atoms with Gasteiger partial charge in [0.05, 0.1) is 6.21 Å². The molecule has 0 aliphatic carbocycles. The standard InChI is InChI=1S/C18H20N2O4/c1-11-4-5-12(2)18(13(11)3)24-10-17(23)20-19-9-14-6-7-15(21)8-16(14)22/h4-9,21-22H,10H2,1-3H3,(H,20,23)/b19-9+. The molecule has 0 fully saturated rings. The number of nitrogens with one attached hydrogen (secondary N) is 1. The smallest absolute Gasteiger partial charge is 0.277 e. The molecule has 6 heteroatoms. The van der Waals surface area contributed by atoms with Gasteiger partial charge in [-0.2, -0.15) is 5.10 Å². The van der Waals surface area contributed by atoms with Gasteiger partial charge in [-0.05, 0) is 49.6 Å². The summed E-state index contributed by atoms with van der Waals surface area (Å²) in [7, 11) is 0. The monoisotopic (exact) mass is 328 g/mol. The lowest BCUT2D eigenvalue weighted by Crippen LogP contribution is -2.25. The Morgan fingerprint density at radius 2 is 1.88 bits per heavy atom. The molecule has 0 aliphatic heterocycles. The molecule has 0 aromatic heterocycles. The highest BCUT2D eigenvalue weighted by atomic mass is 16.5. The molecule has 0 spiro atoms. The summed E-state index contributed by atoms with van der Waals surface area (Å²) < 4.78 is 5.58. The first-order chi connectivity index (χ1) is 11.4. The summed E-state index contributed by atoms with van der Waals surface area (Å²) in [6, 6.07) is 8.04. The Morgan fingerprint density at radius 1 is 1.17 bits per heavy atom.